The molecule has 1 amide bonds. The third kappa shape index (κ3) is 5.39. The number of hydrogen-bond acceptors (Lipinski definition) is 4. The summed E-state index contributed by atoms with van der Waals surface area (Å²) in [6.45, 7) is -1.76. The number of sulfone groups is 1. The van der Waals surface area contributed by atoms with Gasteiger partial charge in [0.05, 0.1) is 23.7 Å². The summed E-state index contributed by atoms with van der Waals surface area (Å²) in [5.74, 6) is -4.33. The number of carbonyl (C=O) groups excluding carboxylic acids is 1. The minimum atomic E-state index is -3.61. The number of alkyl halides is 2. The molecule has 0 aliphatic heterocycles. The van der Waals surface area contributed by atoms with Gasteiger partial charge < -0.3 is 11.1 Å². The summed E-state index contributed by atoms with van der Waals surface area (Å²) < 4.78 is 50.3. The van der Waals surface area contributed by atoms with E-state index in [1.807, 2.05) is 5.32 Å². The predicted octanol–water partition coefficient (Wildman–Crippen LogP) is 1.47. The lowest BCUT2D eigenvalue weighted by Gasteiger charge is -2.14. The Bertz CT molecular complexity index is 696. The zero-order valence-corrected chi connectivity index (χ0v) is 14.7. The minimum Gasteiger partial charge on any atom is -0.350 e. The standard InChI is InChI=1S/C15H20F2N2O3S.ClH/c16-15(17,9-18)10-19-14(20)6-7-23(21,22)13-5-4-11-2-1-3-12(11)8-13;/h4-5,8H,1-3,6-7,9-10,18H2,(H,19,20);1H. The molecule has 0 unspecified atom stereocenters. The molecular formula is C15H21ClF2N2O3S. The van der Waals surface area contributed by atoms with Crippen LogP contribution in [0.15, 0.2) is 23.1 Å². The van der Waals surface area contributed by atoms with Crippen molar-refractivity contribution in [3.63, 3.8) is 0 Å². The maximum Gasteiger partial charge on any atom is 0.277 e. The fourth-order valence-electron chi connectivity index (χ4n) is 2.48. The van der Waals surface area contributed by atoms with Gasteiger partial charge in [-0.05, 0) is 42.5 Å². The van der Waals surface area contributed by atoms with E-state index in [9.17, 15) is 22.0 Å². The molecule has 0 aromatic heterocycles. The molecule has 0 heterocycles. The first-order chi connectivity index (χ1) is 10.7. The number of carbonyl (C=O) groups is 1. The Morgan fingerprint density at radius 2 is 1.92 bits per heavy atom. The van der Waals surface area contributed by atoms with Gasteiger partial charge in [0.2, 0.25) is 5.91 Å². The minimum absolute atomic E-state index is 0. The van der Waals surface area contributed by atoms with Crippen LogP contribution in [0, 0.1) is 0 Å². The van der Waals surface area contributed by atoms with E-state index in [1.165, 1.54) is 0 Å². The van der Waals surface area contributed by atoms with Gasteiger partial charge in [-0.15, -0.1) is 12.4 Å². The zero-order valence-electron chi connectivity index (χ0n) is 13.1. The number of rotatable bonds is 7. The number of halogens is 3. The van der Waals surface area contributed by atoms with Gasteiger partial charge in [0, 0.05) is 6.42 Å². The lowest BCUT2D eigenvalue weighted by Crippen LogP contribution is -2.41. The summed E-state index contributed by atoms with van der Waals surface area (Å²) in [4.78, 5) is 11.7. The van der Waals surface area contributed by atoms with Crippen molar-refractivity contribution in [2.75, 3.05) is 18.8 Å². The molecule has 0 saturated heterocycles. The molecule has 0 spiro atoms. The SMILES string of the molecule is Cl.NCC(F)(F)CNC(=O)CCS(=O)(=O)c1ccc2c(c1)CCC2. The Labute approximate surface area is 146 Å². The topological polar surface area (TPSA) is 89.3 Å². The summed E-state index contributed by atoms with van der Waals surface area (Å²) >= 11 is 0. The second-order valence-electron chi connectivity index (χ2n) is 5.69. The molecule has 1 aliphatic carbocycles. The molecule has 1 aliphatic rings. The van der Waals surface area contributed by atoms with Crippen LogP contribution in [0.4, 0.5) is 8.78 Å². The molecule has 1 aromatic carbocycles. The first kappa shape index (κ1) is 20.8. The van der Waals surface area contributed by atoms with Gasteiger partial charge >= 0.3 is 0 Å². The van der Waals surface area contributed by atoms with Crippen molar-refractivity contribution >= 4 is 28.2 Å². The number of nitrogens with two attached hydrogens (primary N) is 1. The molecule has 9 heteroatoms. The van der Waals surface area contributed by atoms with E-state index in [-0.39, 0.29) is 23.7 Å². The number of benzene rings is 1. The van der Waals surface area contributed by atoms with Crippen LogP contribution < -0.4 is 11.1 Å². The highest BCUT2D eigenvalue weighted by Crippen LogP contribution is 2.25. The molecule has 3 N–H and O–H groups in total. The molecular weight excluding hydrogens is 362 g/mol. The van der Waals surface area contributed by atoms with E-state index in [1.54, 1.807) is 18.2 Å². The largest absolute Gasteiger partial charge is 0.350 e. The van der Waals surface area contributed by atoms with Crippen molar-refractivity contribution < 1.29 is 22.0 Å². The average molecular weight is 383 g/mol. The highest BCUT2D eigenvalue weighted by Gasteiger charge is 2.27. The molecule has 5 nitrogen and oxygen atoms in total. The normalized spacial score (nSPS) is 14.0. The first-order valence-electron chi connectivity index (χ1n) is 7.43. The third-order valence-corrected chi connectivity index (χ3v) is 5.58. The molecule has 136 valence electrons. The molecule has 1 aromatic rings. The van der Waals surface area contributed by atoms with Crippen LogP contribution in [0.5, 0.6) is 0 Å². The maximum atomic E-state index is 12.9. The van der Waals surface area contributed by atoms with Gasteiger partial charge in [0.25, 0.3) is 5.92 Å². The van der Waals surface area contributed by atoms with Gasteiger partial charge in [-0.3, -0.25) is 4.79 Å². The fraction of sp³-hybridized carbons (Fsp3) is 0.533. The van der Waals surface area contributed by atoms with E-state index < -0.39 is 40.5 Å². The van der Waals surface area contributed by atoms with Crippen molar-refractivity contribution in [3.8, 4) is 0 Å². The van der Waals surface area contributed by atoms with E-state index in [4.69, 9.17) is 5.73 Å². The van der Waals surface area contributed by atoms with Gasteiger partial charge in [-0.2, -0.15) is 0 Å². The van der Waals surface area contributed by atoms with Crippen molar-refractivity contribution in [3.05, 3.63) is 29.3 Å². The second kappa shape index (κ2) is 8.22. The highest BCUT2D eigenvalue weighted by atomic mass is 35.5. The van der Waals surface area contributed by atoms with Crippen molar-refractivity contribution in [1.82, 2.24) is 5.32 Å². The lowest BCUT2D eigenvalue weighted by atomic mass is 10.1. The summed E-state index contributed by atoms with van der Waals surface area (Å²) in [5, 5.41) is 2.01. The lowest BCUT2D eigenvalue weighted by molar-refractivity contribution is -0.122. The fourth-order valence-corrected chi connectivity index (χ4v) is 3.76. The van der Waals surface area contributed by atoms with Crippen molar-refractivity contribution in [1.29, 1.82) is 0 Å². The number of fused-ring (bicyclic) bond motifs is 1. The molecule has 2 rings (SSSR count). The summed E-state index contributed by atoms with van der Waals surface area (Å²) in [5.41, 5.74) is 7.04. The van der Waals surface area contributed by atoms with Crippen LogP contribution in [0.25, 0.3) is 0 Å². The van der Waals surface area contributed by atoms with Crippen molar-refractivity contribution in [2.24, 2.45) is 5.73 Å². The molecule has 0 saturated carbocycles. The molecule has 0 atom stereocenters. The van der Waals surface area contributed by atoms with E-state index >= 15 is 0 Å². The third-order valence-electron chi connectivity index (χ3n) is 3.87. The smallest absolute Gasteiger partial charge is 0.277 e. The Morgan fingerprint density at radius 3 is 2.58 bits per heavy atom. The van der Waals surface area contributed by atoms with Crippen molar-refractivity contribution in [2.45, 2.75) is 36.5 Å². The van der Waals surface area contributed by atoms with Crippen LogP contribution in [-0.2, 0) is 27.5 Å². The van der Waals surface area contributed by atoms with E-state index in [0.717, 1.165) is 30.4 Å². The first-order valence-corrected chi connectivity index (χ1v) is 9.08. The highest BCUT2D eigenvalue weighted by molar-refractivity contribution is 7.91. The van der Waals surface area contributed by atoms with Gasteiger partial charge in [-0.25, -0.2) is 17.2 Å². The van der Waals surface area contributed by atoms with Crippen LogP contribution in [0.2, 0.25) is 0 Å². The number of aryl methyl sites for hydroxylation is 2. The Morgan fingerprint density at radius 1 is 1.25 bits per heavy atom. The monoisotopic (exact) mass is 382 g/mol. The van der Waals surface area contributed by atoms with Gasteiger partial charge in [0.15, 0.2) is 9.84 Å². The van der Waals surface area contributed by atoms with Crippen LogP contribution in [0.1, 0.15) is 24.0 Å². The predicted molar refractivity (Wildman–Crippen MR) is 89.4 cm³/mol. The molecule has 24 heavy (non-hydrogen) atoms. The van der Waals surface area contributed by atoms with Crippen LogP contribution in [-0.4, -0.2) is 39.1 Å². The van der Waals surface area contributed by atoms with Crippen LogP contribution >= 0.6 is 12.4 Å². The quantitative estimate of drug-likeness (QED) is 0.747. The molecule has 0 fully saturated rings. The van der Waals surface area contributed by atoms with Gasteiger partial charge in [0.1, 0.15) is 0 Å². The van der Waals surface area contributed by atoms with Gasteiger partial charge in [-0.1, -0.05) is 6.07 Å². The molecule has 0 bridgehead atoms. The second-order valence-corrected chi connectivity index (χ2v) is 7.80. The zero-order chi connectivity index (χ0) is 17.1. The summed E-state index contributed by atoms with van der Waals surface area (Å²) in [6.07, 6.45) is 2.46. The summed E-state index contributed by atoms with van der Waals surface area (Å²) in [7, 11) is -3.61. The Hall–Kier alpha value is -1.25. The Balaban J connectivity index is 0.00000288. The van der Waals surface area contributed by atoms with E-state index in [0.29, 0.717) is 0 Å². The van der Waals surface area contributed by atoms with Crippen LogP contribution in [0.3, 0.4) is 0 Å². The maximum absolute atomic E-state index is 12.9. The molecule has 0 radical (unpaired) electrons. The number of nitrogens with one attached hydrogen (secondary N) is 1. The number of amides is 1. The number of hydrogen-bond donors (Lipinski definition) is 2. The average Bonchev–Trinajstić information content (AvgIpc) is 2.98. The van der Waals surface area contributed by atoms with E-state index in [2.05, 4.69) is 0 Å². The Kier molecular flexibility index (Phi) is 7.12. The summed E-state index contributed by atoms with van der Waals surface area (Å²) in [6, 6.07) is 5.00.